The van der Waals surface area contributed by atoms with Crippen molar-refractivity contribution in [2.75, 3.05) is 6.54 Å². The molecule has 1 N–H and O–H groups in total. The summed E-state index contributed by atoms with van der Waals surface area (Å²) in [6.45, 7) is 2.73. The second-order valence-electron chi connectivity index (χ2n) is 9.45. The highest BCUT2D eigenvalue weighted by atomic mass is 35.5. The number of benzene rings is 2. The molecule has 0 unspecified atom stereocenters. The first-order chi connectivity index (χ1) is 17.2. The maximum absolute atomic E-state index is 14.8. The van der Waals surface area contributed by atoms with Gasteiger partial charge in [-0.1, -0.05) is 41.9 Å². The molecule has 1 saturated heterocycles. The SMILES string of the molecule is CC(=O)c1nn(CC(=O)N2[C@@H]3C[C@@H]3C[C@H]2C(=O)NC/C(F)=C(/C)c2cccc(Cl)c2)c2ccccc12. The molecule has 36 heavy (non-hydrogen) atoms. The molecular weight excluding hydrogens is 483 g/mol. The summed E-state index contributed by atoms with van der Waals surface area (Å²) in [6, 6.07) is 13.5. The zero-order valence-corrected chi connectivity index (χ0v) is 20.8. The highest BCUT2D eigenvalue weighted by Crippen LogP contribution is 2.48. The van der Waals surface area contributed by atoms with Crippen LogP contribution in [0.4, 0.5) is 4.39 Å². The third-order valence-corrected chi connectivity index (χ3v) is 7.29. The Morgan fingerprint density at radius 1 is 1.11 bits per heavy atom. The van der Waals surface area contributed by atoms with Crippen molar-refractivity contribution in [1.29, 1.82) is 0 Å². The standard InChI is InChI=1S/C27H26ClFN4O3/c1-15(17-6-5-7-19(28)10-17)21(29)13-30-27(36)24-12-18-11-23(18)33(24)25(35)14-32-22-9-4-3-8-20(22)26(31-32)16(2)34/h3-10,18,23-24H,11-14H2,1-2H3,(H,30,36)/b21-15+/t18-,23-,24+/m1/s1. The number of halogens is 2. The monoisotopic (exact) mass is 508 g/mol. The fourth-order valence-electron chi connectivity index (χ4n) is 5.06. The molecule has 0 bridgehead atoms. The van der Waals surface area contributed by atoms with Crippen LogP contribution in [0.3, 0.4) is 0 Å². The zero-order chi connectivity index (χ0) is 25.6. The first-order valence-electron chi connectivity index (χ1n) is 11.9. The Hall–Kier alpha value is -3.52. The van der Waals surface area contributed by atoms with E-state index in [2.05, 4.69) is 10.4 Å². The van der Waals surface area contributed by atoms with Gasteiger partial charge in [-0.15, -0.1) is 0 Å². The van der Waals surface area contributed by atoms with Crippen LogP contribution in [0.1, 0.15) is 42.7 Å². The number of ketones is 1. The van der Waals surface area contributed by atoms with Crippen molar-refractivity contribution >= 4 is 45.7 Å². The highest BCUT2D eigenvalue weighted by Gasteiger charge is 2.56. The number of carbonyl (C=O) groups excluding carboxylic acids is 3. The highest BCUT2D eigenvalue weighted by molar-refractivity contribution is 6.30. The number of piperidine rings is 1. The van der Waals surface area contributed by atoms with E-state index in [0.717, 1.165) is 6.42 Å². The van der Waals surface area contributed by atoms with Crippen molar-refractivity contribution in [2.24, 2.45) is 5.92 Å². The van der Waals surface area contributed by atoms with E-state index >= 15 is 0 Å². The van der Waals surface area contributed by atoms with Crippen LogP contribution in [0.25, 0.3) is 16.5 Å². The summed E-state index contributed by atoms with van der Waals surface area (Å²) in [5.74, 6) is -0.984. The van der Waals surface area contributed by atoms with Crippen molar-refractivity contribution in [1.82, 2.24) is 20.0 Å². The van der Waals surface area contributed by atoms with Gasteiger partial charge in [0.1, 0.15) is 24.1 Å². The Bertz CT molecular complexity index is 1420. The average molecular weight is 509 g/mol. The van der Waals surface area contributed by atoms with Gasteiger partial charge < -0.3 is 10.2 Å². The topological polar surface area (TPSA) is 84.3 Å². The number of hydrogen-bond donors (Lipinski definition) is 1. The predicted molar refractivity (Wildman–Crippen MR) is 135 cm³/mol. The van der Waals surface area contributed by atoms with Crippen molar-refractivity contribution in [2.45, 2.75) is 45.3 Å². The van der Waals surface area contributed by atoms with Crippen LogP contribution in [-0.4, -0.2) is 50.9 Å². The summed E-state index contributed by atoms with van der Waals surface area (Å²) >= 11 is 6.00. The lowest BCUT2D eigenvalue weighted by Gasteiger charge is -2.27. The molecule has 2 fully saturated rings. The van der Waals surface area contributed by atoms with Crippen LogP contribution in [0.5, 0.6) is 0 Å². The minimum absolute atomic E-state index is 0.0101. The van der Waals surface area contributed by atoms with Gasteiger partial charge in [0.2, 0.25) is 11.8 Å². The zero-order valence-electron chi connectivity index (χ0n) is 20.0. The van der Waals surface area contributed by atoms with Gasteiger partial charge in [0, 0.05) is 23.4 Å². The van der Waals surface area contributed by atoms with Gasteiger partial charge in [-0.25, -0.2) is 4.39 Å². The summed E-state index contributed by atoms with van der Waals surface area (Å²) < 4.78 is 16.3. The Morgan fingerprint density at radius 2 is 1.89 bits per heavy atom. The first-order valence-corrected chi connectivity index (χ1v) is 12.3. The molecule has 1 aliphatic carbocycles. The summed E-state index contributed by atoms with van der Waals surface area (Å²) in [7, 11) is 0. The van der Waals surface area contributed by atoms with E-state index in [4.69, 9.17) is 11.6 Å². The number of Topliss-reactive ketones (excluding diaryl/α,β-unsaturated/α-hetero) is 1. The molecule has 9 heteroatoms. The minimum Gasteiger partial charge on any atom is -0.348 e. The van der Waals surface area contributed by atoms with Gasteiger partial charge >= 0.3 is 0 Å². The quantitative estimate of drug-likeness (QED) is 0.479. The van der Waals surface area contributed by atoms with Crippen LogP contribution < -0.4 is 5.32 Å². The lowest BCUT2D eigenvalue weighted by Crippen LogP contribution is -2.49. The Kier molecular flexibility index (Phi) is 6.38. The molecular formula is C27H26ClFN4O3. The smallest absolute Gasteiger partial charge is 0.245 e. The van der Waals surface area contributed by atoms with Crippen molar-refractivity contribution in [3.63, 3.8) is 0 Å². The molecule has 2 aliphatic rings. The van der Waals surface area contributed by atoms with E-state index < -0.39 is 11.9 Å². The molecule has 3 atom stereocenters. The number of fused-ring (bicyclic) bond motifs is 2. The van der Waals surface area contributed by atoms with Crippen LogP contribution in [0, 0.1) is 5.92 Å². The number of amides is 2. The number of carbonyl (C=O) groups is 3. The number of likely N-dealkylation sites (tertiary alicyclic amines) is 1. The number of hydrogen-bond acceptors (Lipinski definition) is 4. The second kappa shape index (κ2) is 9.50. The first kappa shape index (κ1) is 24.2. The van der Waals surface area contributed by atoms with E-state index in [1.807, 2.05) is 18.2 Å². The molecule has 2 amide bonds. The largest absolute Gasteiger partial charge is 0.348 e. The third kappa shape index (κ3) is 4.53. The summed E-state index contributed by atoms with van der Waals surface area (Å²) in [6.07, 6.45) is 1.41. The normalized spacial score (nSPS) is 21.2. The second-order valence-corrected chi connectivity index (χ2v) is 9.89. The number of nitrogens with one attached hydrogen (secondary N) is 1. The van der Waals surface area contributed by atoms with Crippen LogP contribution >= 0.6 is 11.6 Å². The fraction of sp³-hybridized carbons (Fsp3) is 0.333. The number of para-hydroxylation sites is 1. The molecule has 3 aromatic rings. The fourth-order valence-corrected chi connectivity index (χ4v) is 5.25. The van der Waals surface area contributed by atoms with Gasteiger partial charge in [0.05, 0.1) is 12.1 Å². The van der Waals surface area contributed by atoms with E-state index in [9.17, 15) is 18.8 Å². The summed E-state index contributed by atoms with van der Waals surface area (Å²) in [4.78, 5) is 40.0. The molecule has 5 rings (SSSR count). The molecule has 1 aromatic heterocycles. The summed E-state index contributed by atoms with van der Waals surface area (Å²) in [5.41, 5.74) is 2.04. The number of rotatable bonds is 7. The maximum atomic E-state index is 14.8. The average Bonchev–Trinajstić information content (AvgIpc) is 3.36. The van der Waals surface area contributed by atoms with Crippen LogP contribution in [-0.2, 0) is 16.1 Å². The molecule has 2 aromatic carbocycles. The molecule has 2 heterocycles. The molecule has 186 valence electrons. The number of aromatic nitrogens is 2. The number of allylic oxidation sites excluding steroid dienone is 1. The molecule has 0 radical (unpaired) electrons. The lowest BCUT2D eigenvalue weighted by molar-refractivity contribution is -0.140. The molecule has 7 nitrogen and oxygen atoms in total. The van der Waals surface area contributed by atoms with E-state index in [1.165, 1.54) is 11.6 Å². The number of nitrogens with zero attached hydrogens (tertiary/aromatic N) is 3. The van der Waals surface area contributed by atoms with Crippen LogP contribution in [0.2, 0.25) is 5.02 Å². The Morgan fingerprint density at radius 3 is 2.64 bits per heavy atom. The predicted octanol–water partition coefficient (Wildman–Crippen LogP) is 4.40. The maximum Gasteiger partial charge on any atom is 0.245 e. The Balaban J connectivity index is 1.30. The van der Waals surface area contributed by atoms with Crippen molar-refractivity contribution in [3.05, 3.63) is 70.6 Å². The summed E-state index contributed by atoms with van der Waals surface area (Å²) in [5, 5.41) is 8.23. The Labute approximate surface area is 212 Å². The van der Waals surface area contributed by atoms with Gasteiger partial charge in [0.15, 0.2) is 5.78 Å². The lowest BCUT2D eigenvalue weighted by atomic mass is 10.1. The van der Waals surface area contributed by atoms with Gasteiger partial charge in [-0.05, 0) is 55.0 Å². The van der Waals surface area contributed by atoms with Crippen molar-refractivity contribution < 1.29 is 18.8 Å². The molecule has 1 aliphatic heterocycles. The van der Waals surface area contributed by atoms with Crippen LogP contribution in [0.15, 0.2) is 54.4 Å². The molecule has 0 spiro atoms. The van der Waals surface area contributed by atoms with Gasteiger partial charge in [-0.2, -0.15) is 5.10 Å². The van der Waals surface area contributed by atoms with E-state index in [-0.39, 0.29) is 42.6 Å². The third-order valence-electron chi connectivity index (χ3n) is 7.05. The van der Waals surface area contributed by atoms with E-state index in [0.29, 0.717) is 39.2 Å². The van der Waals surface area contributed by atoms with E-state index in [1.54, 1.807) is 42.2 Å². The minimum atomic E-state index is -0.658. The molecule has 1 saturated carbocycles. The van der Waals surface area contributed by atoms with Gasteiger partial charge in [-0.3, -0.25) is 19.1 Å². The van der Waals surface area contributed by atoms with Gasteiger partial charge in [0.25, 0.3) is 0 Å². The van der Waals surface area contributed by atoms with Crippen molar-refractivity contribution in [3.8, 4) is 0 Å².